The normalized spacial score (nSPS) is 9.33. The van der Waals surface area contributed by atoms with E-state index in [1.807, 2.05) is 60.7 Å². The van der Waals surface area contributed by atoms with Crippen LogP contribution in [-0.4, -0.2) is 11.9 Å². The van der Waals surface area contributed by atoms with Gasteiger partial charge in [0.15, 0.2) is 0 Å². The molecule has 0 spiro atoms. The first kappa shape index (κ1) is 25.1. The van der Waals surface area contributed by atoms with E-state index in [2.05, 4.69) is 0 Å². The summed E-state index contributed by atoms with van der Waals surface area (Å²) in [6.07, 6.45) is 5.01. The summed E-state index contributed by atoms with van der Waals surface area (Å²) in [6, 6.07) is 18.4. The molecule has 6 heteroatoms. The summed E-state index contributed by atoms with van der Waals surface area (Å²) in [5.74, 6) is -2.34. The summed E-state index contributed by atoms with van der Waals surface area (Å²) in [5.41, 5.74) is 1.72. The van der Waals surface area contributed by atoms with Gasteiger partial charge in [-0.25, -0.2) is 0 Å². The predicted molar refractivity (Wildman–Crippen MR) is 81.0 cm³/mol. The molecule has 0 atom stereocenters. The quantitative estimate of drug-likeness (QED) is 0.412. The monoisotopic (exact) mass is 340 g/mol. The van der Waals surface area contributed by atoms with Gasteiger partial charge < -0.3 is 19.8 Å². The number of hydrogen-bond acceptors (Lipinski definition) is 4. The van der Waals surface area contributed by atoms with Crippen LogP contribution in [0.15, 0.2) is 72.8 Å². The van der Waals surface area contributed by atoms with Crippen molar-refractivity contribution >= 4 is 24.1 Å². The van der Waals surface area contributed by atoms with Crippen LogP contribution in [-0.2, 0) is 9.59 Å². The molecule has 0 aliphatic carbocycles. The van der Waals surface area contributed by atoms with Gasteiger partial charge >= 0.3 is 59.1 Å². The Kier molecular flexibility index (Phi) is 16.1. The first-order valence-electron chi connectivity index (χ1n) is 6.46. The van der Waals surface area contributed by atoms with Crippen molar-refractivity contribution < 1.29 is 78.9 Å². The molecule has 24 heavy (non-hydrogen) atoms. The average Bonchev–Trinajstić information content (AvgIpc) is 2.53. The van der Waals surface area contributed by atoms with E-state index < -0.39 is 11.9 Å². The molecule has 0 aromatic heterocycles. The van der Waals surface area contributed by atoms with E-state index in [1.54, 1.807) is 0 Å². The van der Waals surface area contributed by atoms with Crippen molar-refractivity contribution in [1.82, 2.24) is 0 Å². The van der Waals surface area contributed by atoms with Gasteiger partial charge in [0.2, 0.25) is 0 Å². The summed E-state index contributed by atoms with van der Waals surface area (Å²) in [4.78, 5) is 19.9. The standard InChI is InChI=1S/2C9H8O2.2Na/c2*10-9(11)7-6-8-4-2-1-3-5-8;;/h2*1-7H,(H,10,11);;/q;;2*+1/p-2. The zero-order valence-electron chi connectivity index (χ0n) is 13.7. The van der Waals surface area contributed by atoms with E-state index in [1.165, 1.54) is 12.2 Å². The third-order valence-corrected chi connectivity index (χ3v) is 2.42. The third-order valence-electron chi connectivity index (χ3n) is 2.42. The molecule has 0 saturated heterocycles. The van der Waals surface area contributed by atoms with Crippen molar-refractivity contribution in [3.8, 4) is 0 Å². The van der Waals surface area contributed by atoms with Gasteiger partial charge in [-0.15, -0.1) is 0 Å². The topological polar surface area (TPSA) is 80.3 Å². The summed E-state index contributed by atoms with van der Waals surface area (Å²) in [7, 11) is 0. The zero-order chi connectivity index (χ0) is 16.2. The summed E-state index contributed by atoms with van der Waals surface area (Å²) >= 11 is 0. The van der Waals surface area contributed by atoms with Gasteiger partial charge in [-0.2, -0.15) is 0 Å². The molecule has 2 rings (SSSR count). The van der Waals surface area contributed by atoms with Crippen LogP contribution in [0, 0.1) is 0 Å². The minimum Gasteiger partial charge on any atom is -0.545 e. The van der Waals surface area contributed by atoms with Crippen molar-refractivity contribution in [2.45, 2.75) is 0 Å². The van der Waals surface area contributed by atoms with Gasteiger partial charge in [-0.3, -0.25) is 0 Å². The van der Waals surface area contributed by atoms with E-state index >= 15 is 0 Å². The molecule has 0 saturated carbocycles. The minimum atomic E-state index is -1.17. The SMILES string of the molecule is O=C([O-])C=Cc1ccccc1.O=C([O-])C=Cc1ccccc1.[Na+].[Na+]. The van der Waals surface area contributed by atoms with Crippen LogP contribution in [0.3, 0.4) is 0 Å². The van der Waals surface area contributed by atoms with Gasteiger partial charge in [-0.1, -0.05) is 72.8 Å². The molecule has 0 heterocycles. The molecule has 0 bridgehead atoms. The Morgan fingerprint density at radius 3 is 1.17 bits per heavy atom. The molecule has 0 aliphatic rings. The summed E-state index contributed by atoms with van der Waals surface area (Å²) in [6.45, 7) is 0. The number of carboxylic acids is 2. The largest absolute Gasteiger partial charge is 1.00 e. The maximum atomic E-state index is 9.97. The Labute approximate surface area is 185 Å². The second kappa shape index (κ2) is 15.4. The van der Waals surface area contributed by atoms with E-state index in [4.69, 9.17) is 0 Å². The number of carboxylic acid groups (broad SMARTS) is 2. The van der Waals surface area contributed by atoms with Crippen molar-refractivity contribution in [2.75, 3.05) is 0 Å². The van der Waals surface area contributed by atoms with Crippen molar-refractivity contribution in [3.05, 3.63) is 83.9 Å². The van der Waals surface area contributed by atoms with E-state index in [0.29, 0.717) is 0 Å². The van der Waals surface area contributed by atoms with Crippen LogP contribution in [0.2, 0.25) is 0 Å². The fourth-order valence-electron chi connectivity index (χ4n) is 1.46. The number of carbonyl (C=O) groups excluding carboxylic acids is 2. The predicted octanol–water partition coefficient (Wildman–Crippen LogP) is -5.09. The molecule has 0 fully saturated rings. The van der Waals surface area contributed by atoms with Gasteiger partial charge in [0.1, 0.15) is 0 Å². The second-order valence-electron chi connectivity index (χ2n) is 4.13. The molecule has 0 N–H and O–H groups in total. The molecule has 0 amide bonds. The average molecular weight is 340 g/mol. The van der Waals surface area contributed by atoms with E-state index in [-0.39, 0.29) is 59.1 Å². The molecule has 4 nitrogen and oxygen atoms in total. The zero-order valence-corrected chi connectivity index (χ0v) is 17.7. The number of rotatable bonds is 4. The summed E-state index contributed by atoms with van der Waals surface area (Å²) in [5, 5.41) is 19.9. The summed E-state index contributed by atoms with van der Waals surface area (Å²) < 4.78 is 0. The van der Waals surface area contributed by atoms with Gasteiger partial charge in [0, 0.05) is 0 Å². The molecule has 112 valence electrons. The van der Waals surface area contributed by atoms with Gasteiger partial charge in [0.05, 0.1) is 11.9 Å². The van der Waals surface area contributed by atoms with E-state index in [0.717, 1.165) is 23.3 Å². The molecule has 0 aliphatic heterocycles. The minimum absolute atomic E-state index is 0. The maximum absolute atomic E-state index is 9.97. The first-order chi connectivity index (χ1) is 10.6. The fourth-order valence-corrected chi connectivity index (χ4v) is 1.46. The smallest absolute Gasteiger partial charge is 0.545 e. The molecular formula is C18H14Na2O4. The Hall–Kier alpha value is -1.14. The number of benzene rings is 2. The maximum Gasteiger partial charge on any atom is 1.00 e. The van der Waals surface area contributed by atoms with Crippen molar-refractivity contribution in [3.63, 3.8) is 0 Å². The van der Waals surface area contributed by atoms with Crippen LogP contribution < -0.4 is 69.3 Å². The second-order valence-corrected chi connectivity index (χ2v) is 4.13. The molecule has 2 aromatic carbocycles. The van der Waals surface area contributed by atoms with E-state index in [9.17, 15) is 19.8 Å². The first-order valence-corrected chi connectivity index (χ1v) is 6.46. The number of carbonyl (C=O) groups is 2. The Bertz CT molecular complexity index is 594. The van der Waals surface area contributed by atoms with Crippen LogP contribution in [0.25, 0.3) is 12.2 Å². The fraction of sp³-hybridized carbons (Fsp3) is 0. The Morgan fingerprint density at radius 2 is 0.917 bits per heavy atom. The third kappa shape index (κ3) is 13.3. The Morgan fingerprint density at radius 1 is 0.625 bits per heavy atom. The molecular weight excluding hydrogens is 326 g/mol. The molecule has 0 unspecified atom stereocenters. The Balaban J connectivity index is 0. The van der Waals surface area contributed by atoms with Gasteiger partial charge in [0.25, 0.3) is 0 Å². The molecule has 0 radical (unpaired) electrons. The van der Waals surface area contributed by atoms with Gasteiger partial charge in [-0.05, 0) is 23.3 Å². The number of aliphatic carboxylic acids is 2. The van der Waals surface area contributed by atoms with Crippen LogP contribution >= 0.6 is 0 Å². The van der Waals surface area contributed by atoms with Crippen LogP contribution in [0.1, 0.15) is 11.1 Å². The van der Waals surface area contributed by atoms with Crippen LogP contribution in [0.5, 0.6) is 0 Å². The van der Waals surface area contributed by atoms with Crippen molar-refractivity contribution in [2.24, 2.45) is 0 Å². The van der Waals surface area contributed by atoms with Crippen molar-refractivity contribution in [1.29, 1.82) is 0 Å². The van der Waals surface area contributed by atoms with Crippen LogP contribution in [0.4, 0.5) is 0 Å². The molecule has 2 aromatic rings. The number of hydrogen-bond donors (Lipinski definition) is 0.